The molecule has 0 saturated heterocycles. The van der Waals surface area contributed by atoms with Crippen LogP contribution in [0.15, 0.2) is 30.6 Å². The summed E-state index contributed by atoms with van der Waals surface area (Å²) in [5.41, 5.74) is 2.62. The topological polar surface area (TPSA) is 81.9 Å². The number of hydrogen-bond acceptors (Lipinski definition) is 6. The molecular formula is C19H23N5O2S. The van der Waals surface area contributed by atoms with E-state index in [0.717, 1.165) is 22.1 Å². The maximum atomic E-state index is 12.5. The van der Waals surface area contributed by atoms with Crippen molar-refractivity contribution < 1.29 is 9.53 Å². The van der Waals surface area contributed by atoms with E-state index in [1.54, 1.807) is 24.8 Å². The summed E-state index contributed by atoms with van der Waals surface area (Å²) in [4.78, 5) is 18.3. The molecule has 1 aromatic carbocycles. The van der Waals surface area contributed by atoms with Gasteiger partial charge in [0.05, 0.1) is 12.3 Å². The highest BCUT2D eigenvalue weighted by molar-refractivity contribution is 7.15. The number of rotatable bonds is 8. The van der Waals surface area contributed by atoms with Crippen molar-refractivity contribution in [3.8, 4) is 10.6 Å². The van der Waals surface area contributed by atoms with Gasteiger partial charge in [0.2, 0.25) is 0 Å². The molecule has 0 unspecified atom stereocenters. The SMILES string of the molecule is COCCn1cnnc1CCNC(=O)c1cccc(-c2nc(C)c(C)s2)c1. The van der Waals surface area contributed by atoms with E-state index in [0.29, 0.717) is 31.7 Å². The van der Waals surface area contributed by atoms with Gasteiger partial charge in [-0.1, -0.05) is 12.1 Å². The molecule has 0 atom stereocenters. The molecule has 3 aromatic rings. The van der Waals surface area contributed by atoms with Crippen molar-refractivity contribution in [3.63, 3.8) is 0 Å². The number of nitrogens with zero attached hydrogens (tertiary/aromatic N) is 4. The summed E-state index contributed by atoms with van der Waals surface area (Å²) in [5, 5.41) is 11.9. The van der Waals surface area contributed by atoms with Crippen LogP contribution in [-0.2, 0) is 17.7 Å². The predicted molar refractivity (Wildman–Crippen MR) is 105 cm³/mol. The lowest BCUT2D eigenvalue weighted by atomic mass is 10.1. The quantitative estimate of drug-likeness (QED) is 0.645. The number of hydrogen-bond donors (Lipinski definition) is 1. The Balaban J connectivity index is 1.60. The molecule has 3 rings (SSSR count). The van der Waals surface area contributed by atoms with E-state index >= 15 is 0 Å². The number of aryl methyl sites for hydroxylation is 2. The molecule has 142 valence electrons. The van der Waals surface area contributed by atoms with E-state index in [-0.39, 0.29) is 5.91 Å². The fourth-order valence-corrected chi connectivity index (χ4v) is 3.54. The molecule has 0 radical (unpaired) electrons. The van der Waals surface area contributed by atoms with Crippen LogP contribution in [0.3, 0.4) is 0 Å². The van der Waals surface area contributed by atoms with Crippen molar-refractivity contribution in [2.75, 3.05) is 20.3 Å². The Morgan fingerprint density at radius 1 is 1.33 bits per heavy atom. The summed E-state index contributed by atoms with van der Waals surface area (Å²) >= 11 is 1.64. The summed E-state index contributed by atoms with van der Waals surface area (Å²) in [7, 11) is 1.66. The van der Waals surface area contributed by atoms with Gasteiger partial charge in [0, 0.05) is 42.6 Å². The number of aromatic nitrogens is 4. The smallest absolute Gasteiger partial charge is 0.251 e. The minimum absolute atomic E-state index is 0.107. The molecule has 0 aliphatic rings. The fraction of sp³-hybridized carbons (Fsp3) is 0.368. The lowest BCUT2D eigenvalue weighted by molar-refractivity contribution is 0.0954. The Hall–Kier alpha value is -2.58. The lowest BCUT2D eigenvalue weighted by Gasteiger charge is -2.08. The summed E-state index contributed by atoms with van der Waals surface area (Å²) in [6.45, 7) is 5.83. The van der Waals surface area contributed by atoms with Gasteiger partial charge in [0.25, 0.3) is 5.91 Å². The standard InChI is InChI=1S/C19H23N5O2S/c1-13-14(2)27-19(22-13)16-6-4-5-15(11-16)18(25)20-8-7-17-23-21-12-24(17)9-10-26-3/h4-6,11-12H,7-10H2,1-3H3,(H,20,25). The highest BCUT2D eigenvalue weighted by atomic mass is 32.1. The molecule has 0 aliphatic heterocycles. The van der Waals surface area contributed by atoms with Crippen LogP contribution in [0.2, 0.25) is 0 Å². The Morgan fingerprint density at radius 2 is 2.19 bits per heavy atom. The number of ether oxygens (including phenoxy) is 1. The van der Waals surface area contributed by atoms with Crippen LogP contribution < -0.4 is 5.32 Å². The Labute approximate surface area is 162 Å². The highest BCUT2D eigenvalue weighted by Crippen LogP contribution is 2.27. The second kappa shape index (κ2) is 8.88. The number of methoxy groups -OCH3 is 1. The Bertz CT molecular complexity index is 899. The molecule has 0 fully saturated rings. The average Bonchev–Trinajstić information content (AvgIpc) is 3.26. The molecular weight excluding hydrogens is 362 g/mol. The number of benzene rings is 1. The molecule has 8 heteroatoms. The Morgan fingerprint density at radius 3 is 2.93 bits per heavy atom. The van der Waals surface area contributed by atoms with Gasteiger partial charge in [-0.05, 0) is 26.0 Å². The van der Waals surface area contributed by atoms with Crippen LogP contribution >= 0.6 is 11.3 Å². The number of amides is 1. The molecule has 0 saturated carbocycles. The van der Waals surface area contributed by atoms with Gasteiger partial charge in [-0.2, -0.15) is 0 Å². The molecule has 2 aromatic heterocycles. The number of carbonyl (C=O) groups excluding carboxylic acids is 1. The van der Waals surface area contributed by atoms with Crippen LogP contribution in [0.1, 0.15) is 26.8 Å². The van der Waals surface area contributed by atoms with Gasteiger partial charge in [-0.25, -0.2) is 4.98 Å². The normalized spacial score (nSPS) is 10.9. The first kappa shape index (κ1) is 19.2. The second-order valence-corrected chi connectivity index (χ2v) is 7.38. The van der Waals surface area contributed by atoms with Gasteiger partial charge in [0.15, 0.2) is 0 Å². The third-order valence-corrected chi connectivity index (χ3v) is 5.39. The third kappa shape index (κ3) is 4.78. The molecule has 2 heterocycles. The van der Waals surface area contributed by atoms with Crippen LogP contribution in [0.5, 0.6) is 0 Å². The highest BCUT2D eigenvalue weighted by Gasteiger charge is 2.11. The number of nitrogens with one attached hydrogen (secondary N) is 1. The summed E-state index contributed by atoms with van der Waals surface area (Å²) in [6.07, 6.45) is 2.29. The average molecular weight is 385 g/mol. The first-order chi connectivity index (χ1) is 13.1. The van der Waals surface area contributed by atoms with E-state index < -0.39 is 0 Å². The van der Waals surface area contributed by atoms with Crippen molar-refractivity contribution in [2.45, 2.75) is 26.8 Å². The number of carbonyl (C=O) groups is 1. The van der Waals surface area contributed by atoms with Crippen LogP contribution in [0.4, 0.5) is 0 Å². The van der Waals surface area contributed by atoms with Crippen molar-refractivity contribution in [1.82, 2.24) is 25.1 Å². The lowest BCUT2D eigenvalue weighted by Crippen LogP contribution is -2.26. The van der Waals surface area contributed by atoms with Crippen LogP contribution in [0.25, 0.3) is 10.6 Å². The molecule has 1 amide bonds. The number of thiazole rings is 1. The minimum atomic E-state index is -0.107. The zero-order valence-corrected chi connectivity index (χ0v) is 16.5. The van der Waals surface area contributed by atoms with E-state index in [1.807, 2.05) is 35.8 Å². The first-order valence-corrected chi connectivity index (χ1v) is 9.58. The van der Waals surface area contributed by atoms with Crippen molar-refractivity contribution in [1.29, 1.82) is 0 Å². The molecule has 0 bridgehead atoms. The maximum Gasteiger partial charge on any atom is 0.251 e. The first-order valence-electron chi connectivity index (χ1n) is 8.76. The summed E-state index contributed by atoms with van der Waals surface area (Å²) < 4.78 is 7.01. The minimum Gasteiger partial charge on any atom is -0.383 e. The second-order valence-electron chi connectivity index (χ2n) is 6.18. The van der Waals surface area contributed by atoms with Crippen molar-refractivity contribution in [3.05, 3.63) is 52.6 Å². The Kier molecular flexibility index (Phi) is 6.31. The van der Waals surface area contributed by atoms with Gasteiger partial charge in [-0.15, -0.1) is 21.5 Å². The molecule has 0 aliphatic carbocycles. The molecule has 1 N–H and O–H groups in total. The molecule has 0 spiro atoms. The summed E-state index contributed by atoms with van der Waals surface area (Å²) in [6, 6.07) is 7.56. The predicted octanol–water partition coefficient (Wildman–Crippen LogP) is 2.64. The fourth-order valence-electron chi connectivity index (χ4n) is 2.63. The third-order valence-electron chi connectivity index (χ3n) is 4.27. The van der Waals surface area contributed by atoms with E-state index in [1.165, 1.54) is 4.88 Å². The van der Waals surface area contributed by atoms with E-state index in [4.69, 9.17) is 4.74 Å². The summed E-state index contributed by atoms with van der Waals surface area (Å²) in [5.74, 6) is 0.722. The largest absolute Gasteiger partial charge is 0.383 e. The molecule has 7 nitrogen and oxygen atoms in total. The van der Waals surface area contributed by atoms with Gasteiger partial charge < -0.3 is 14.6 Å². The van der Waals surface area contributed by atoms with Gasteiger partial charge in [0.1, 0.15) is 17.2 Å². The zero-order valence-electron chi connectivity index (χ0n) is 15.7. The van der Waals surface area contributed by atoms with Crippen LogP contribution in [0, 0.1) is 13.8 Å². The zero-order chi connectivity index (χ0) is 19.2. The monoisotopic (exact) mass is 385 g/mol. The van der Waals surface area contributed by atoms with Crippen molar-refractivity contribution in [2.24, 2.45) is 0 Å². The van der Waals surface area contributed by atoms with Gasteiger partial charge >= 0.3 is 0 Å². The van der Waals surface area contributed by atoms with Gasteiger partial charge in [-0.3, -0.25) is 4.79 Å². The van der Waals surface area contributed by atoms with E-state index in [9.17, 15) is 4.79 Å². The maximum absolute atomic E-state index is 12.5. The van der Waals surface area contributed by atoms with Crippen molar-refractivity contribution >= 4 is 17.2 Å². The van der Waals surface area contributed by atoms with Crippen LogP contribution in [-0.4, -0.2) is 45.9 Å². The molecule has 27 heavy (non-hydrogen) atoms. The van der Waals surface area contributed by atoms with E-state index in [2.05, 4.69) is 27.4 Å².